The molecule has 3 heterocycles. The number of hydrogen-bond acceptors (Lipinski definition) is 1. The van der Waals surface area contributed by atoms with Crippen LogP contribution in [0.5, 0.6) is 0 Å². The highest BCUT2D eigenvalue weighted by molar-refractivity contribution is 7.19. The van der Waals surface area contributed by atoms with Gasteiger partial charge >= 0.3 is 0 Å². The first kappa shape index (κ1) is 31.9. The van der Waals surface area contributed by atoms with Gasteiger partial charge in [-0.05, 0) is 106 Å². The molecular weight excluding hydrogens is 697 g/mol. The molecule has 0 saturated heterocycles. The zero-order valence-corrected chi connectivity index (χ0v) is 32.4. The van der Waals surface area contributed by atoms with E-state index in [4.69, 9.17) is 0 Å². The second-order valence-corrected chi connectivity index (χ2v) is 17.3. The molecule has 0 bridgehead atoms. The van der Waals surface area contributed by atoms with Crippen molar-refractivity contribution in [3.63, 3.8) is 0 Å². The fourth-order valence-corrected chi connectivity index (χ4v) is 11.0. The predicted molar refractivity (Wildman–Crippen MR) is 240 cm³/mol. The molecule has 2 aliphatic carbocycles. The maximum Gasteiger partial charge on any atom is 0.0541 e. The third-order valence-corrected chi connectivity index (χ3v) is 13.9. The number of aromatic nitrogens is 2. The van der Waals surface area contributed by atoms with E-state index in [9.17, 15) is 0 Å². The Balaban J connectivity index is 1.02. The van der Waals surface area contributed by atoms with E-state index in [0.29, 0.717) is 5.92 Å². The van der Waals surface area contributed by atoms with Crippen LogP contribution in [0.2, 0.25) is 0 Å². The Labute approximate surface area is 329 Å². The largest absolute Gasteiger partial charge is 0.309 e. The summed E-state index contributed by atoms with van der Waals surface area (Å²) in [7, 11) is 0. The van der Waals surface area contributed by atoms with Gasteiger partial charge < -0.3 is 9.13 Å². The van der Waals surface area contributed by atoms with E-state index in [1.165, 1.54) is 109 Å². The summed E-state index contributed by atoms with van der Waals surface area (Å²) in [4.78, 5) is 1.44. The molecule has 0 aliphatic heterocycles. The minimum Gasteiger partial charge on any atom is -0.309 e. The number of para-hydroxylation sites is 2. The van der Waals surface area contributed by atoms with Crippen LogP contribution in [-0.4, -0.2) is 9.13 Å². The van der Waals surface area contributed by atoms with Crippen LogP contribution in [0.25, 0.3) is 93.4 Å². The summed E-state index contributed by atoms with van der Waals surface area (Å²) in [6.45, 7) is 7.01. The maximum absolute atomic E-state index is 2.53. The minimum atomic E-state index is -0.0809. The van der Waals surface area contributed by atoms with Gasteiger partial charge in [-0.15, -0.1) is 11.3 Å². The van der Waals surface area contributed by atoms with Gasteiger partial charge in [-0.2, -0.15) is 0 Å². The molecule has 3 heteroatoms. The van der Waals surface area contributed by atoms with E-state index in [-0.39, 0.29) is 5.41 Å². The first-order valence-electron chi connectivity index (χ1n) is 19.7. The fourth-order valence-electron chi connectivity index (χ4n) is 9.73. The molecule has 12 rings (SSSR count). The first-order valence-corrected chi connectivity index (χ1v) is 20.5. The van der Waals surface area contributed by atoms with Gasteiger partial charge in [-0.3, -0.25) is 0 Å². The quantitative estimate of drug-likeness (QED) is 0.170. The van der Waals surface area contributed by atoms with E-state index in [1.54, 1.807) is 0 Å². The molecule has 2 aliphatic rings. The lowest BCUT2D eigenvalue weighted by molar-refractivity contribution is 0.698. The Bertz CT molecular complexity index is 3340. The zero-order valence-electron chi connectivity index (χ0n) is 31.5. The lowest BCUT2D eigenvalue weighted by Crippen LogP contribution is -2.07. The molecule has 10 aromatic rings. The Kier molecular flexibility index (Phi) is 6.58. The molecule has 0 radical (unpaired) electrons. The molecule has 1 atom stereocenters. The van der Waals surface area contributed by atoms with Crippen molar-refractivity contribution < 1.29 is 0 Å². The maximum atomic E-state index is 2.53. The van der Waals surface area contributed by atoms with Gasteiger partial charge in [0.05, 0.1) is 27.8 Å². The second-order valence-electron chi connectivity index (χ2n) is 16.3. The molecule has 0 saturated carbocycles. The van der Waals surface area contributed by atoms with Crippen molar-refractivity contribution in [1.82, 2.24) is 9.13 Å². The number of hydrogen-bond donors (Lipinski definition) is 0. The van der Waals surface area contributed by atoms with Crippen molar-refractivity contribution in [3.8, 4) is 27.9 Å². The molecule has 0 N–H and O–H groups in total. The van der Waals surface area contributed by atoms with Crippen LogP contribution < -0.4 is 0 Å². The van der Waals surface area contributed by atoms with E-state index in [1.807, 2.05) is 11.3 Å². The third kappa shape index (κ3) is 4.49. The Hall–Kier alpha value is -6.42. The summed E-state index contributed by atoms with van der Waals surface area (Å²) >= 11 is 1.95. The fraction of sp³-hybridized carbons (Fsp3) is 0.0943. The third-order valence-electron chi connectivity index (χ3n) is 12.4. The summed E-state index contributed by atoms with van der Waals surface area (Å²) < 4.78 is 6.31. The normalized spacial score (nSPS) is 15.8. The molecule has 0 spiro atoms. The summed E-state index contributed by atoms with van der Waals surface area (Å²) in [6, 6.07) is 56.7. The van der Waals surface area contributed by atoms with Crippen molar-refractivity contribution >= 4 is 76.8 Å². The number of fused-ring (bicyclic) bond motifs is 10. The molecule has 0 amide bonds. The van der Waals surface area contributed by atoms with Crippen molar-refractivity contribution in [2.45, 2.75) is 32.1 Å². The van der Waals surface area contributed by atoms with E-state index >= 15 is 0 Å². The highest BCUT2D eigenvalue weighted by Crippen LogP contribution is 2.52. The summed E-state index contributed by atoms with van der Waals surface area (Å²) in [5.74, 6) is 0.467. The summed E-state index contributed by atoms with van der Waals surface area (Å²) in [5, 5.41) is 6.44. The van der Waals surface area contributed by atoms with E-state index in [0.717, 1.165) is 0 Å². The van der Waals surface area contributed by atoms with Gasteiger partial charge in [0.1, 0.15) is 0 Å². The Morgan fingerprint density at radius 2 is 1.11 bits per heavy atom. The van der Waals surface area contributed by atoms with Gasteiger partial charge in [0, 0.05) is 53.2 Å². The van der Waals surface area contributed by atoms with Crippen LogP contribution >= 0.6 is 11.3 Å². The van der Waals surface area contributed by atoms with Crippen LogP contribution in [0, 0.1) is 0 Å². The lowest BCUT2D eigenvalue weighted by Gasteiger charge is -2.13. The van der Waals surface area contributed by atoms with Crippen LogP contribution in [0.15, 0.2) is 164 Å². The number of thiophene rings is 1. The number of allylic oxidation sites excluding steroid dienone is 2. The SMILES string of the molecule is CC1C=Cc2cc(-n3c4ccccc4c4cc(-c5ccc6c(c5)c5ccccc5n6C5=CC(C)(C)c6sc7ccc(-c8ccccc8)cc7c65)ccc43)ccc21. The van der Waals surface area contributed by atoms with Gasteiger partial charge in [-0.25, -0.2) is 0 Å². The predicted octanol–water partition coefficient (Wildman–Crippen LogP) is 14.8. The second kappa shape index (κ2) is 11.6. The number of nitrogens with zero attached hydrogens (tertiary/aromatic N) is 2. The Morgan fingerprint density at radius 3 is 1.84 bits per heavy atom. The van der Waals surface area contributed by atoms with Crippen LogP contribution in [0.1, 0.15) is 48.3 Å². The highest BCUT2D eigenvalue weighted by atomic mass is 32.1. The zero-order chi connectivity index (χ0) is 37.3. The molecule has 7 aromatic carbocycles. The van der Waals surface area contributed by atoms with Crippen molar-refractivity contribution in [3.05, 3.63) is 185 Å². The van der Waals surface area contributed by atoms with Gasteiger partial charge in [0.15, 0.2) is 0 Å². The molecule has 2 nitrogen and oxygen atoms in total. The highest BCUT2D eigenvalue weighted by Gasteiger charge is 2.36. The average molecular weight is 735 g/mol. The molecule has 1 unspecified atom stereocenters. The smallest absolute Gasteiger partial charge is 0.0541 e. The summed E-state index contributed by atoms with van der Waals surface area (Å²) in [5.41, 5.74) is 16.4. The van der Waals surface area contributed by atoms with Gasteiger partial charge in [-0.1, -0.05) is 124 Å². The monoisotopic (exact) mass is 734 g/mol. The van der Waals surface area contributed by atoms with Gasteiger partial charge in [0.2, 0.25) is 0 Å². The number of rotatable bonds is 4. The standard InChI is InChI=1S/C53H38N2S/c1-32-17-18-37-27-38(22-23-39(32)37)54-45-15-9-7-13-40(45)42-28-35(19-24-47(42)54)36-20-25-48-43(29-36)41-14-8-10-16-46(41)55(48)49-31-53(2,3)52-51(49)44-30-34(21-26-50(44)56-52)33-11-5-4-6-12-33/h4-32H,1-3H3. The molecule has 56 heavy (non-hydrogen) atoms. The van der Waals surface area contributed by atoms with Crippen molar-refractivity contribution in [1.29, 1.82) is 0 Å². The first-order chi connectivity index (χ1) is 27.4. The van der Waals surface area contributed by atoms with E-state index in [2.05, 4.69) is 200 Å². The van der Waals surface area contributed by atoms with Crippen molar-refractivity contribution in [2.24, 2.45) is 0 Å². The van der Waals surface area contributed by atoms with Crippen LogP contribution in [0.4, 0.5) is 0 Å². The lowest BCUT2D eigenvalue weighted by atomic mass is 9.94. The molecular formula is C53H38N2S. The van der Waals surface area contributed by atoms with Gasteiger partial charge in [0.25, 0.3) is 0 Å². The average Bonchev–Trinajstić information content (AvgIpc) is 4.03. The summed E-state index contributed by atoms with van der Waals surface area (Å²) in [6.07, 6.45) is 7.08. The van der Waals surface area contributed by atoms with E-state index < -0.39 is 0 Å². The van der Waals surface area contributed by atoms with Crippen LogP contribution in [-0.2, 0) is 5.41 Å². The number of benzene rings is 7. The minimum absolute atomic E-state index is 0.0809. The molecule has 3 aromatic heterocycles. The topological polar surface area (TPSA) is 9.86 Å². The van der Waals surface area contributed by atoms with Crippen molar-refractivity contribution in [2.75, 3.05) is 0 Å². The van der Waals surface area contributed by atoms with Crippen LogP contribution in [0.3, 0.4) is 0 Å². The molecule has 0 fully saturated rings. The molecule has 266 valence electrons. The Morgan fingerprint density at radius 1 is 0.518 bits per heavy atom.